The first-order chi connectivity index (χ1) is 18.7. The van der Waals surface area contributed by atoms with Crippen LogP contribution in [0.5, 0.6) is 5.75 Å². The maximum absolute atomic E-state index is 12.7. The van der Waals surface area contributed by atoms with Gasteiger partial charge in [0, 0.05) is 38.7 Å². The second-order valence-electron chi connectivity index (χ2n) is 9.66. The van der Waals surface area contributed by atoms with Crippen LogP contribution in [0.3, 0.4) is 0 Å². The molecule has 0 bridgehead atoms. The average Bonchev–Trinajstić information content (AvgIpc) is 3.47. The van der Waals surface area contributed by atoms with Crippen LogP contribution >= 0.6 is 0 Å². The Morgan fingerprint density at radius 2 is 1.89 bits per heavy atom. The van der Waals surface area contributed by atoms with Crippen molar-refractivity contribution in [3.63, 3.8) is 0 Å². The lowest BCUT2D eigenvalue weighted by Crippen LogP contribution is -2.39. The summed E-state index contributed by atoms with van der Waals surface area (Å²) in [5.74, 6) is 0.840. The maximum Gasteiger partial charge on any atom is 0.321 e. The Bertz CT molecular complexity index is 1090. The molecule has 1 aliphatic rings. The minimum absolute atomic E-state index is 0.0978. The number of nitrogens with zero attached hydrogens (tertiary/aromatic N) is 3. The van der Waals surface area contributed by atoms with Gasteiger partial charge >= 0.3 is 6.03 Å². The number of urea groups is 1. The molecule has 1 aliphatic heterocycles. The number of aromatic amines is 1. The molecule has 2 N–H and O–H groups in total. The first-order valence-corrected chi connectivity index (χ1v) is 13.8. The highest BCUT2D eigenvalue weighted by Crippen LogP contribution is 2.36. The normalized spacial score (nSPS) is 12.6. The number of unbranched alkanes of at least 4 members (excludes halogenated alkanes) is 4. The van der Waals surface area contributed by atoms with Crippen LogP contribution in [0.4, 0.5) is 16.2 Å². The molecule has 8 nitrogen and oxygen atoms in total. The first kappa shape index (κ1) is 27.5. The number of carbonyl (C=O) groups excluding carboxylic acids is 1. The van der Waals surface area contributed by atoms with Crippen molar-refractivity contribution in [2.45, 2.75) is 51.5 Å². The Hall–Kier alpha value is -3.52. The van der Waals surface area contributed by atoms with Gasteiger partial charge in [-0.2, -0.15) is 0 Å². The highest BCUT2D eigenvalue weighted by atomic mass is 16.5. The minimum Gasteiger partial charge on any atom is -0.490 e. The lowest BCUT2D eigenvalue weighted by Gasteiger charge is -2.32. The molecule has 2 heterocycles. The molecule has 204 valence electrons. The zero-order valence-electron chi connectivity index (χ0n) is 22.5. The summed E-state index contributed by atoms with van der Waals surface area (Å²) in [6.45, 7) is 4.40. The van der Waals surface area contributed by atoms with Gasteiger partial charge in [-0.25, -0.2) is 9.78 Å². The Morgan fingerprint density at radius 3 is 2.68 bits per heavy atom. The van der Waals surface area contributed by atoms with E-state index in [0.29, 0.717) is 19.7 Å². The van der Waals surface area contributed by atoms with Gasteiger partial charge in [0.15, 0.2) is 0 Å². The second-order valence-corrected chi connectivity index (χ2v) is 9.66. The Morgan fingerprint density at radius 1 is 1.08 bits per heavy atom. The van der Waals surface area contributed by atoms with E-state index in [9.17, 15) is 4.79 Å². The number of benzene rings is 2. The van der Waals surface area contributed by atoms with Gasteiger partial charge in [0.05, 0.1) is 30.8 Å². The third-order valence-corrected chi connectivity index (χ3v) is 6.85. The van der Waals surface area contributed by atoms with E-state index in [1.54, 1.807) is 13.4 Å². The van der Waals surface area contributed by atoms with E-state index in [-0.39, 0.29) is 6.03 Å². The van der Waals surface area contributed by atoms with Crippen molar-refractivity contribution in [3.05, 3.63) is 72.3 Å². The lowest BCUT2D eigenvalue weighted by atomic mass is 10.1. The number of hydrogen-bond donors (Lipinski definition) is 2. The smallest absolute Gasteiger partial charge is 0.321 e. The number of ether oxygens (including phenoxy) is 2. The van der Waals surface area contributed by atoms with Gasteiger partial charge in [-0.1, -0.05) is 43.2 Å². The van der Waals surface area contributed by atoms with Gasteiger partial charge in [0.1, 0.15) is 12.4 Å². The number of anilines is 2. The highest BCUT2D eigenvalue weighted by Gasteiger charge is 2.22. The Kier molecular flexibility index (Phi) is 10.9. The number of imidazole rings is 1. The molecule has 2 aromatic carbocycles. The van der Waals surface area contributed by atoms with Crippen molar-refractivity contribution in [2.75, 3.05) is 49.8 Å². The third-order valence-electron chi connectivity index (χ3n) is 6.85. The standard InChI is InChI=1S/C30H41N5O3/c1-31-30(36)35(16-8-2-3-9-18-37-19-10-7-13-25-11-5-4-6-12-25)27-14-15-29-28(21-27)34(17-20-38-29)23-26-22-32-24-33-26/h4-6,11-12,14-15,21-22,24H,2-3,7-10,13,16-20,23H2,1H3,(H,31,36)(H,32,33). The molecular formula is C30H41N5O3. The largest absolute Gasteiger partial charge is 0.490 e. The van der Waals surface area contributed by atoms with Crippen molar-refractivity contribution >= 4 is 17.4 Å². The van der Waals surface area contributed by atoms with Crippen LogP contribution in [0.25, 0.3) is 0 Å². The number of carbonyl (C=O) groups is 1. The molecule has 0 radical (unpaired) electrons. The fourth-order valence-electron chi connectivity index (χ4n) is 4.76. The topological polar surface area (TPSA) is 82.7 Å². The molecule has 0 unspecified atom stereocenters. The van der Waals surface area contributed by atoms with Crippen LogP contribution in [0.1, 0.15) is 49.8 Å². The number of nitrogens with one attached hydrogen (secondary N) is 2. The number of amides is 2. The van der Waals surface area contributed by atoms with Crippen molar-refractivity contribution in [3.8, 4) is 5.75 Å². The van der Waals surface area contributed by atoms with Crippen LogP contribution in [-0.4, -0.2) is 56.0 Å². The van der Waals surface area contributed by atoms with Gasteiger partial charge in [-0.05, 0) is 55.9 Å². The van der Waals surface area contributed by atoms with Crippen LogP contribution in [0, 0.1) is 0 Å². The maximum atomic E-state index is 12.7. The molecule has 0 saturated heterocycles. The fraction of sp³-hybridized carbons (Fsp3) is 0.467. The van der Waals surface area contributed by atoms with Crippen molar-refractivity contribution in [1.82, 2.24) is 15.3 Å². The highest BCUT2D eigenvalue weighted by molar-refractivity contribution is 5.92. The average molecular weight is 520 g/mol. The molecule has 38 heavy (non-hydrogen) atoms. The summed E-state index contributed by atoms with van der Waals surface area (Å²) in [4.78, 5) is 24.2. The van der Waals surface area contributed by atoms with Gasteiger partial charge in [0.25, 0.3) is 0 Å². The molecule has 0 saturated carbocycles. The zero-order valence-corrected chi connectivity index (χ0v) is 22.5. The van der Waals surface area contributed by atoms with Gasteiger partial charge in [-0.3, -0.25) is 4.90 Å². The first-order valence-electron chi connectivity index (χ1n) is 13.8. The van der Waals surface area contributed by atoms with E-state index in [0.717, 1.165) is 87.5 Å². The van der Waals surface area contributed by atoms with Gasteiger partial charge in [0.2, 0.25) is 0 Å². The molecular weight excluding hydrogens is 478 g/mol. The van der Waals surface area contributed by atoms with Crippen molar-refractivity contribution < 1.29 is 14.3 Å². The van der Waals surface area contributed by atoms with Crippen molar-refractivity contribution in [1.29, 1.82) is 0 Å². The summed E-state index contributed by atoms with van der Waals surface area (Å²) in [6, 6.07) is 16.5. The quantitative estimate of drug-likeness (QED) is 0.257. The molecule has 1 aromatic heterocycles. The molecule has 0 spiro atoms. The Balaban J connectivity index is 1.18. The summed E-state index contributed by atoms with van der Waals surface area (Å²) >= 11 is 0. The molecule has 8 heteroatoms. The lowest BCUT2D eigenvalue weighted by molar-refractivity contribution is 0.126. The Labute approximate surface area is 226 Å². The molecule has 3 aromatic rings. The van der Waals surface area contributed by atoms with Crippen LogP contribution in [-0.2, 0) is 17.7 Å². The predicted octanol–water partition coefficient (Wildman–Crippen LogP) is 5.55. The summed E-state index contributed by atoms with van der Waals surface area (Å²) in [5.41, 5.74) is 4.24. The van der Waals surface area contributed by atoms with E-state index in [2.05, 4.69) is 56.6 Å². The number of H-pyrrole nitrogens is 1. The van der Waals surface area contributed by atoms with Crippen molar-refractivity contribution in [2.24, 2.45) is 0 Å². The molecule has 2 amide bonds. The van der Waals surface area contributed by atoms with E-state index in [4.69, 9.17) is 9.47 Å². The summed E-state index contributed by atoms with van der Waals surface area (Å²) in [7, 11) is 1.68. The molecule has 0 fully saturated rings. The minimum atomic E-state index is -0.0978. The summed E-state index contributed by atoms with van der Waals surface area (Å²) in [6.07, 6.45) is 11.1. The second kappa shape index (κ2) is 15.0. The third kappa shape index (κ3) is 8.25. The van der Waals surface area contributed by atoms with Crippen LogP contribution in [0.15, 0.2) is 61.1 Å². The number of fused-ring (bicyclic) bond motifs is 1. The molecule has 4 rings (SSSR count). The zero-order chi connectivity index (χ0) is 26.4. The van der Waals surface area contributed by atoms with Crippen LogP contribution in [0.2, 0.25) is 0 Å². The van der Waals surface area contributed by atoms with Gasteiger partial charge < -0.3 is 24.7 Å². The van der Waals surface area contributed by atoms with E-state index in [1.165, 1.54) is 5.56 Å². The van der Waals surface area contributed by atoms with Gasteiger partial charge in [-0.15, -0.1) is 0 Å². The number of aromatic nitrogens is 2. The van der Waals surface area contributed by atoms with Crippen LogP contribution < -0.4 is 19.9 Å². The SMILES string of the molecule is CNC(=O)N(CCCCCCOCCCCc1ccccc1)c1ccc2c(c1)N(Cc1c[nH]cn1)CCO2. The van der Waals surface area contributed by atoms with E-state index >= 15 is 0 Å². The fourth-order valence-corrected chi connectivity index (χ4v) is 4.76. The summed E-state index contributed by atoms with van der Waals surface area (Å²) < 4.78 is 11.7. The predicted molar refractivity (Wildman–Crippen MR) is 152 cm³/mol. The van der Waals surface area contributed by atoms with E-state index in [1.807, 2.05) is 23.2 Å². The summed E-state index contributed by atoms with van der Waals surface area (Å²) in [5, 5.41) is 2.80. The number of hydrogen-bond acceptors (Lipinski definition) is 5. The molecule has 0 atom stereocenters. The number of aryl methyl sites for hydroxylation is 1. The monoisotopic (exact) mass is 519 g/mol. The molecule has 0 aliphatic carbocycles. The van der Waals surface area contributed by atoms with E-state index < -0.39 is 0 Å². The number of rotatable bonds is 15.